The molecule has 0 fully saturated rings. The topological polar surface area (TPSA) is 83.7 Å². The van der Waals surface area contributed by atoms with Gasteiger partial charge in [-0.2, -0.15) is 5.26 Å². The summed E-state index contributed by atoms with van der Waals surface area (Å²) < 4.78 is 9.40. The summed E-state index contributed by atoms with van der Waals surface area (Å²) in [5.41, 5.74) is 3.65. The zero-order valence-corrected chi connectivity index (χ0v) is 20.4. The number of hydrogen-bond acceptors (Lipinski definition) is 8. The lowest BCUT2D eigenvalue weighted by molar-refractivity contribution is 0.480. The first-order valence-corrected chi connectivity index (χ1v) is 12.5. The van der Waals surface area contributed by atoms with E-state index in [4.69, 9.17) is 16.3 Å². The Morgan fingerprint density at radius 2 is 1.83 bits per heavy atom. The molecule has 3 heterocycles. The highest BCUT2D eigenvalue weighted by molar-refractivity contribution is 8.00. The second-order valence-electron chi connectivity index (χ2n) is 7.20. The summed E-state index contributed by atoms with van der Waals surface area (Å²) >= 11 is 9.36. The highest BCUT2D eigenvalue weighted by Crippen LogP contribution is 2.39. The number of nitrogens with zero attached hydrogens (tertiary/aromatic N) is 4. The first-order valence-electron chi connectivity index (χ1n) is 10.4. The molecule has 0 aliphatic heterocycles. The molecule has 1 N–H and O–H groups in total. The molecule has 0 amide bonds. The standard InChI is InChI=1S/C26H16ClN5OS2/c27-22-15-29-9-8-20(22)21-13-23(17-4-2-1-3-5-17)31-16-25(21)33-24-7-6-19(12-18(24)14-28)35-32-26-30-10-11-34-26/h1-13,15-16H,(H,30,32). The van der Waals surface area contributed by atoms with Crippen LogP contribution in [0.1, 0.15) is 5.56 Å². The van der Waals surface area contributed by atoms with E-state index in [9.17, 15) is 5.26 Å². The van der Waals surface area contributed by atoms with Crippen LogP contribution in [-0.2, 0) is 0 Å². The molecule has 0 aliphatic carbocycles. The fourth-order valence-electron chi connectivity index (χ4n) is 3.34. The summed E-state index contributed by atoms with van der Waals surface area (Å²) in [5.74, 6) is 0.905. The highest BCUT2D eigenvalue weighted by Gasteiger charge is 2.16. The summed E-state index contributed by atoms with van der Waals surface area (Å²) in [6.07, 6.45) is 6.65. The Morgan fingerprint density at radius 3 is 2.60 bits per heavy atom. The van der Waals surface area contributed by atoms with Crippen molar-refractivity contribution in [3.05, 3.63) is 101 Å². The van der Waals surface area contributed by atoms with Gasteiger partial charge in [-0.15, -0.1) is 11.3 Å². The Bertz CT molecular complexity index is 1500. The molecule has 0 saturated carbocycles. The quantitative estimate of drug-likeness (QED) is 0.223. The Morgan fingerprint density at radius 1 is 0.943 bits per heavy atom. The Kier molecular flexibility index (Phi) is 6.91. The number of aromatic nitrogens is 3. The predicted octanol–water partition coefficient (Wildman–Crippen LogP) is 7.70. The Hall–Kier alpha value is -3.90. The lowest BCUT2D eigenvalue weighted by Gasteiger charge is -2.15. The van der Waals surface area contributed by atoms with Crippen molar-refractivity contribution in [3.8, 4) is 40.0 Å². The molecule has 0 bridgehead atoms. The number of anilines is 1. The number of rotatable bonds is 7. The molecule has 35 heavy (non-hydrogen) atoms. The number of thiazole rings is 1. The van der Waals surface area contributed by atoms with Gasteiger partial charge in [0, 0.05) is 45.6 Å². The average Bonchev–Trinajstić information content (AvgIpc) is 3.43. The van der Waals surface area contributed by atoms with Crippen molar-refractivity contribution in [2.75, 3.05) is 4.72 Å². The van der Waals surface area contributed by atoms with E-state index in [1.165, 1.54) is 23.3 Å². The number of nitrogens with one attached hydrogen (secondary N) is 1. The Labute approximate surface area is 215 Å². The maximum absolute atomic E-state index is 9.78. The minimum absolute atomic E-state index is 0.398. The van der Waals surface area contributed by atoms with E-state index in [1.807, 2.05) is 53.9 Å². The molecule has 0 saturated heterocycles. The van der Waals surface area contributed by atoms with Crippen molar-refractivity contribution in [3.63, 3.8) is 0 Å². The van der Waals surface area contributed by atoms with E-state index in [1.54, 1.807) is 36.9 Å². The molecule has 6 nitrogen and oxygen atoms in total. The molecule has 9 heteroatoms. The monoisotopic (exact) mass is 513 g/mol. The summed E-state index contributed by atoms with van der Waals surface area (Å²) in [7, 11) is 0. The first kappa shape index (κ1) is 22.9. The van der Waals surface area contributed by atoms with Crippen LogP contribution in [0.15, 0.2) is 95.7 Å². The van der Waals surface area contributed by atoms with E-state index < -0.39 is 0 Å². The fourth-order valence-corrected chi connectivity index (χ4v) is 4.82. The first-order chi connectivity index (χ1) is 17.2. The van der Waals surface area contributed by atoms with Crippen molar-refractivity contribution < 1.29 is 4.74 Å². The van der Waals surface area contributed by atoms with Gasteiger partial charge in [0.2, 0.25) is 0 Å². The largest absolute Gasteiger partial charge is 0.454 e. The van der Waals surface area contributed by atoms with Crippen LogP contribution in [0.3, 0.4) is 0 Å². The molecule has 170 valence electrons. The van der Waals surface area contributed by atoms with Gasteiger partial charge in [0.15, 0.2) is 10.9 Å². The lowest BCUT2D eigenvalue weighted by atomic mass is 10.0. The average molecular weight is 514 g/mol. The zero-order chi connectivity index (χ0) is 24.0. The van der Waals surface area contributed by atoms with Gasteiger partial charge in [0.05, 0.1) is 22.5 Å². The molecule has 0 aliphatic rings. The molecule has 0 atom stereocenters. The molecule has 2 aromatic carbocycles. The molecule has 0 unspecified atom stereocenters. The van der Waals surface area contributed by atoms with Crippen LogP contribution in [0.2, 0.25) is 5.02 Å². The van der Waals surface area contributed by atoms with Crippen LogP contribution >= 0.6 is 34.9 Å². The summed E-state index contributed by atoms with van der Waals surface area (Å²) in [4.78, 5) is 13.8. The van der Waals surface area contributed by atoms with Crippen LogP contribution in [0.5, 0.6) is 11.5 Å². The van der Waals surface area contributed by atoms with Crippen LogP contribution in [-0.4, -0.2) is 15.0 Å². The minimum atomic E-state index is 0.398. The van der Waals surface area contributed by atoms with E-state index in [-0.39, 0.29) is 0 Å². The third-order valence-corrected chi connectivity index (χ3v) is 6.88. The van der Waals surface area contributed by atoms with Gasteiger partial charge in [-0.25, -0.2) is 4.98 Å². The van der Waals surface area contributed by atoms with Crippen molar-refractivity contribution in [1.29, 1.82) is 5.26 Å². The molecular weight excluding hydrogens is 498 g/mol. The summed E-state index contributed by atoms with van der Waals surface area (Å²) in [6.45, 7) is 0. The normalized spacial score (nSPS) is 10.5. The maximum atomic E-state index is 9.78. The number of halogens is 1. The molecule has 3 aromatic heterocycles. The minimum Gasteiger partial charge on any atom is -0.454 e. The zero-order valence-electron chi connectivity index (χ0n) is 18.1. The molecular formula is C26H16ClN5OS2. The number of ether oxygens (including phenoxy) is 1. The van der Waals surface area contributed by atoms with Crippen LogP contribution in [0, 0.1) is 11.3 Å². The van der Waals surface area contributed by atoms with Crippen LogP contribution in [0.4, 0.5) is 5.13 Å². The number of benzene rings is 2. The van der Waals surface area contributed by atoms with Gasteiger partial charge in [-0.1, -0.05) is 41.9 Å². The smallest absolute Gasteiger partial charge is 0.192 e. The lowest BCUT2D eigenvalue weighted by Crippen LogP contribution is -1.95. The molecule has 5 rings (SSSR count). The van der Waals surface area contributed by atoms with Crippen LogP contribution < -0.4 is 9.46 Å². The third-order valence-electron chi connectivity index (χ3n) is 4.98. The molecule has 5 aromatic rings. The predicted molar refractivity (Wildman–Crippen MR) is 141 cm³/mol. The fraction of sp³-hybridized carbons (Fsp3) is 0. The van der Waals surface area contributed by atoms with Gasteiger partial charge in [-0.3, -0.25) is 9.97 Å². The summed E-state index contributed by atoms with van der Waals surface area (Å²) in [6, 6.07) is 21.3. The SMILES string of the molecule is N#Cc1cc(SNc2nccs2)ccc1Oc1cnc(-c2ccccc2)cc1-c1ccncc1Cl. The Balaban J connectivity index is 1.49. The summed E-state index contributed by atoms with van der Waals surface area (Å²) in [5, 5.41) is 13.0. The van der Waals surface area contributed by atoms with E-state index >= 15 is 0 Å². The van der Waals surface area contributed by atoms with Gasteiger partial charge in [0.25, 0.3) is 0 Å². The van der Waals surface area contributed by atoms with Gasteiger partial charge >= 0.3 is 0 Å². The van der Waals surface area contributed by atoms with Crippen molar-refractivity contribution in [2.45, 2.75) is 4.90 Å². The second kappa shape index (κ2) is 10.6. The van der Waals surface area contributed by atoms with E-state index in [0.717, 1.165) is 32.4 Å². The van der Waals surface area contributed by atoms with Gasteiger partial charge in [-0.05, 0) is 42.3 Å². The van der Waals surface area contributed by atoms with E-state index in [2.05, 4.69) is 25.7 Å². The second-order valence-corrected chi connectivity index (χ2v) is 9.38. The number of pyridine rings is 2. The maximum Gasteiger partial charge on any atom is 0.192 e. The highest BCUT2D eigenvalue weighted by atomic mass is 35.5. The number of nitriles is 1. The van der Waals surface area contributed by atoms with E-state index in [0.29, 0.717) is 22.1 Å². The van der Waals surface area contributed by atoms with Gasteiger partial charge < -0.3 is 9.46 Å². The van der Waals surface area contributed by atoms with Gasteiger partial charge in [0.1, 0.15) is 11.8 Å². The number of hydrogen-bond donors (Lipinski definition) is 1. The van der Waals surface area contributed by atoms with Crippen LogP contribution in [0.25, 0.3) is 22.4 Å². The van der Waals surface area contributed by atoms with Crippen molar-refractivity contribution >= 4 is 40.0 Å². The van der Waals surface area contributed by atoms with Crippen molar-refractivity contribution in [1.82, 2.24) is 15.0 Å². The molecule has 0 spiro atoms. The van der Waals surface area contributed by atoms with Crippen molar-refractivity contribution in [2.24, 2.45) is 0 Å². The third kappa shape index (κ3) is 5.28. The molecule has 0 radical (unpaired) electrons.